The van der Waals surface area contributed by atoms with E-state index in [0.29, 0.717) is 22.0 Å². The summed E-state index contributed by atoms with van der Waals surface area (Å²) in [5, 5.41) is 10.7. The SMILES string of the molecule is O=C1S/C(=C/c2ccc(Oc3ccc([N+](=O)[O-])cn3)cc2)C(=O)N1c1cccc(Cl)c1. The number of ether oxygens (including phenoxy) is 1. The number of pyridine rings is 1. The van der Waals surface area contributed by atoms with E-state index in [1.165, 1.54) is 12.1 Å². The largest absolute Gasteiger partial charge is 0.439 e. The predicted octanol–water partition coefficient (Wildman–Crippen LogP) is 5.68. The maximum atomic E-state index is 12.7. The van der Waals surface area contributed by atoms with E-state index < -0.39 is 16.1 Å². The molecule has 0 atom stereocenters. The Kier molecular flexibility index (Phi) is 5.70. The minimum absolute atomic E-state index is 0.130. The summed E-state index contributed by atoms with van der Waals surface area (Å²) in [5.74, 6) is 0.249. The van der Waals surface area contributed by atoms with Gasteiger partial charge in [-0.3, -0.25) is 19.7 Å². The van der Waals surface area contributed by atoms with Crippen LogP contribution >= 0.6 is 23.4 Å². The Morgan fingerprint density at radius 1 is 1.10 bits per heavy atom. The minimum Gasteiger partial charge on any atom is -0.439 e. The maximum absolute atomic E-state index is 12.7. The van der Waals surface area contributed by atoms with Crippen LogP contribution in [0.4, 0.5) is 16.2 Å². The van der Waals surface area contributed by atoms with Gasteiger partial charge in [0.1, 0.15) is 11.9 Å². The molecule has 31 heavy (non-hydrogen) atoms. The van der Waals surface area contributed by atoms with Crippen molar-refractivity contribution in [2.24, 2.45) is 0 Å². The molecule has 2 heterocycles. The second kappa shape index (κ2) is 8.58. The van der Waals surface area contributed by atoms with Gasteiger partial charge >= 0.3 is 0 Å². The van der Waals surface area contributed by atoms with Crippen molar-refractivity contribution in [3.63, 3.8) is 0 Å². The van der Waals surface area contributed by atoms with Crippen molar-refractivity contribution >= 4 is 52.0 Å². The molecular weight excluding hydrogens is 442 g/mol. The molecule has 0 saturated carbocycles. The number of rotatable bonds is 5. The maximum Gasteiger partial charge on any atom is 0.298 e. The van der Waals surface area contributed by atoms with Crippen LogP contribution in [0.5, 0.6) is 11.6 Å². The zero-order valence-electron chi connectivity index (χ0n) is 15.6. The topological polar surface area (TPSA) is 103 Å². The molecule has 154 valence electrons. The van der Waals surface area contributed by atoms with Gasteiger partial charge in [0, 0.05) is 17.2 Å². The molecule has 2 aromatic carbocycles. The molecule has 0 bridgehead atoms. The monoisotopic (exact) mass is 453 g/mol. The Balaban J connectivity index is 1.48. The standard InChI is InChI=1S/C21H12ClN3O5S/c22-14-2-1-3-15(11-14)24-20(26)18(31-21(24)27)10-13-4-7-17(8-5-13)30-19-9-6-16(12-23-19)25(28)29/h1-12H/b18-10+. The van der Waals surface area contributed by atoms with Gasteiger partial charge in [0.2, 0.25) is 5.88 Å². The normalized spacial score (nSPS) is 14.9. The number of carbonyl (C=O) groups excluding carboxylic acids is 2. The van der Waals surface area contributed by atoms with Crippen LogP contribution < -0.4 is 9.64 Å². The number of imide groups is 1. The number of thioether (sulfide) groups is 1. The first kappa shape index (κ1) is 20.6. The minimum atomic E-state index is -0.542. The summed E-state index contributed by atoms with van der Waals surface area (Å²) in [4.78, 5) is 40.4. The molecular formula is C21H12ClN3O5S. The number of carbonyl (C=O) groups is 2. The molecule has 8 nitrogen and oxygen atoms in total. The molecule has 0 radical (unpaired) electrons. The lowest BCUT2D eigenvalue weighted by atomic mass is 10.2. The van der Waals surface area contributed by atoms with Crippen LogP contribution in [0.2, 0.25) is 5.02 Å². The number of nitrogens with zero attached hydrogens (tertiary/aromatic N) is 3. The van der Waals surface area contributed by atoms with Crippen LogP contribution in [-0.2, 0) is 4.79 Å². The van der Waals surface area contributed by atoms with E-state index in [4.69, 9.17) is 16.3 Å². The Labute approximate surface area is 185 Å². The zero-order valence-corrected chi connectivity index (χ0v) is 17.2. The Hall–Kier alpha value is -3.69. The van der Waals surface area contributed by atoms with E-state index in [2.05, 4.69) is 4.98 Å². The third-order valence-electron chi connectivity index (χ3n) is 4.19. The zero-order chi connectivity index (χ0) is 22.0. The lowest BCUT2D eigenvalue weighted by molar-refractivity contribution is -0.385. The van der Waals surface area contributed by atoms with E-state index in [1.54, 1.807) is 54.6 Å². The fourth-order valence-electron chi connectivity index (χ4n) is 2.75. The summed E-state index contributed by atoms with van der Waals surface area (Å²) >= 11 is 6.81. The molecule has 1 aromatic heterocycles. The van der Waals surface area contributed by atoms with Gasteiger partial charge in [0.15, 0.2) is 0 Å². The number of hydrogen-bond acceptors (Lipinski definition) is 7. The number of nitro groups is 1. The van der Waals surface area contributed by atoms with Crippen LogP contribution in [0.15, 0.2) is 71.8 Å². The van der Waals surface area contributed by atoms with Gasteiger partial charge in [-0.2, -0.15) is 0 Å². The molecule has 2 amide bonds. The lowest BCUT2D eigenvalue weighted by Crippen LogP contribution is -2.27. The summed E-state index contributed by atoms with van der Waals surface area (Å²) in [7, 11) is 0. The molecule has 1 aliphatic rings. The first-order valence-electron chi connectivity index (χ1n) is 8.82. The summed E-state index contributed by atoms with van der Waals surface area (Å²) in [6, 6.07) is 16.0. The average Bonchev–Trinajstić information content (AvgIpc) is 3.02. The number of benzene rings is 2. The number of anilines is 1. The van der Waals surface area contributed by atoms with Gasteiger partial charge in [-0.25, -0.2) is 9.88 Å². The van der Waals surface area contributed by atoms with E-state index in [9.17, 15) is 19.7 Å². The highest BCUT2D eigenvalue weighted by Crippen LogP contribution is 2.36. The van der Waals surface area contributed by atoms with Crippen molar-refractivity contribution in [1.82, 2.24) is 4.98 Å². The molecule has 1 aliphatic heterocycles. The van der Waals surface area contributed by atoms with Crippen molar-refractivity contribution in [3.8, 4) is 11.6 Å². The molecule has 0 N–H and O–H groups in total. The van der Waals surface area contributed by atoms with Crippen molar-refractivity contribution in [2.75, 3.05) is 4.90 Å². The van der Waals surface area contributed by atoms with E-state index in [0.717, 1.165) is 22.9 Å². The lowest BCUT2D eigenvalue weighted by Gasteiger charge is -2.12. The summed E-state index contributed by atoms with van der Waals surface area (Å²) in [5.41, 5.74) is 0.979. The summed E-state index contributed by atoms with van der Waals surface area (Å²) in [6.45, 7) is 0. The van der Waals surface area contributed by atoms with Gasteiger partial charge in [0.25, 0.3) is 16.8 Å². The van der Waals surface area contributed by atoms with E-state index >= 15 is 0 Å². The van der Waals surface area contributed by atoms with Crippen molar-refractivity contribution in [2.45, 2.75) is 0 Å². The van der Waals surface area contributed by atoms with E-state index in [-0.39, 0.29) is 16.5 Å². The first-order valence-corrected chi connectivity index (χ1v) is 10.0. The summed E-state index contributed by atoms with van der Waals surface area (Å²) in [6.07, 6.45) is 2.73. The Bertz CT molecular complexity index is 1210. The van der Waals surface area contributed by atoms with Crippen molar-refractivity contribution in [1.29, 1.82) is 0 Å². The second-order valence-electron chi connectivity index (χ2n) is 6.28. The highest BCUT2D eigenvalue weighted by Gasteiger charge is 2.36. The number of hydrogen-bond donors (Lipinski definition) is 0. The third-order valence-corrected chi connectivity index (χ3v) is 5.30. The number of amides is 2. The molecule has 10 heteroatoms. The van der Waals surface area contributed by atoms with Crippen LogP contribution in [0.25, 0.3) is 6.08 Å². The first-order chi connectivity index (χ1) is 14.9. The molecule has 1 fully saturated rings. The quantitative estimate of drug-likeness (QED) is 0.278. The van der Waals surface area contributed by atoms with Gasteiger partial charge < -0.3 is 4.74 Å². The Morgan fingerprint density at radius 3 is 2.52 bits per heavy atom. The van der Waals surface area contributed by atoms with Gasteiger partial charge in [0.05, 0.1) is 15.5 Å². The molecule has 0 unspecified atom stereocenters. The molecule has 3 aromatic rings. The van der Waals surface area contributed by atoms with Crippen LogP contribution in [-0.4, -0.2) is 21.1 Å². The van der Waals surface area contributed by atoms with Crippen molar-refractivity contribution in [3.05, 3.63) is 92.5 Å². The fourth-order valence-corrected chi connectivity index (χ4v) is 3.78. The fraction of sp³-hybridized carbons (Fsp3) is 0. The third kappa shape index (κ3) is 4.57. The van der Waals surface area contributed by atoms with Crippen LogP contribution in [0.3, 0.4) is 0 Å². The van der Waals surface area contributed by atoms with Crippen LogP contribution in [0, 0.1) is 10.1 Å². The van der Waals surface area contributed by atoms with Crippen LogP contribution in [0.1, 0.15) is 5.56 Å². The van der Waals surface area contributed by atoms with E-state index in [1.807, 2.05) is 0 Å². The van der Waals surface area contributed by atoms with Gasteiger partial charge in [-0.15, -0.1) is 0 Å². The summed E-state index contributed by atoms with van der Waals surface area (Å²) < 4.78 is 5.56. The highest BCUT2D eigenvalue weighted by molar-refractivity contribution is 8.19. The highest BCUT2D eigenvalue weighted by atomic mass is 35.5. The second-order valence-corrected chi connectivity index (χ2v) is 7.71. The molecule has 0 aliphatic carbocycles. The van der Waals surface area contributed by atoms with Gasteiger partial charge in [-0.1, -0.05) is 29.8 Å². The number of aromatic nitrogens is 1. The molecule has 4 rings (SSSR count). The van der Waals surface area contributed by atoms with Gasteiger partial charge in [-0.05, 0) is 53.7 Å². The Morgan fingerprint density at radius 2 is 1.87 bits per heavy atom. The number of halogens is 1. The average molecular weight is 454 g/mol. The van der Waals surface area contributed by atoms with Crippen molar-refractivity contribution < 1.29 is 19.2 Å². The predicted molar refractivity (Wildman–Crippen MR) is 117 cm³/mol. The molecule has 0 spiro atoms. The smallest absolute Gasteiger partial charge is 0.298 e. The molecule has 1 saturated heterocycles.